The first-order valence-electron chi connectivity index (χ1n) is 2.88. The number of ether oxygens (including phenoxy) is 1. The molecule has 0 saturated heterocycles. The molecule has 0 aliphatic carbocycles. The molecule has 60 valence electrons. The highest BCUT2D eigenvalue weighted by molar-refractivity contribution is 6.42. The van der Waals surface area contributed by atoms with Gasteiger partial charge >= 0.3 is 0 Å². The minimum Gasteiger partial charge on any atom is -0.478 e. The third kappa shape index (κ3) is 2.44. The molecule has 0 spiro atoms. The van der Waals surface area contributed by atoms with Crippen LogP contribution in [-0.4, -0.2) is 6.07 Å². The molecule has 1 rings (SSSR count). The Balaban J connectivity index is 2.86. The Morgan fingerprint density at radius 1 is 1.18 bits per heavy atom. The Kier molecular flexibility index (Phi) is 3.31. The van der Waals surface area contributed by atoms with E-state index < -0.39 is 0 Å². The summed E-state index contributed by atoms with van der Waals surface area (Å²) in [5.41, 5.74) is 0. The number of rotatable bonds is 2. The molecule has 0 unspecified atom stereocenters. The van der Waals surface area contributed by atoms with Gasteiger partial charge < -0.3 is 4.74 Å². The second-order valence-electron chi connectivity index (χ2n) is 1.83. The number of hydrogen-bond acceptors (Lipinski definition) is 1. The Bertz CT molecular complexity index is 249. The number of alkyl halides is 1. The van der Waals surface area contributed by atoms with Gasteiger partial charge in [0, 0.05) is 6.07 Å². The van der Waals surface area contributed by atoms with Crippen molar-refractivity contribution in [1.29, 1.82) is 0 Å². The average molecular weight is 211 g/mol. The molecule has 4 heteroatoms. The van der Waals surface area contributed by atoms with Crippen LogP contribution in [0.25, 0.3) is 0 Å². The molecule has 0 N–H and O–H groups in total. The van der Waals surface area contributed by atoms with Crippen LogP contribution in [0.3, 0.4) is 0 Å². The average Bonchev–Trinajstić information content (AvgIpc) is 1.98. The van der Waals surface area contributed by atoms with Gasteiger partial charge in [0.05, 0.1) is 10.0 Å². The van der Waals surface area contributed by atoms with Crippen molar-refractivity contribution in [2.45, 2.75) is 0 Å². The smallest absolute Gasteiger partial charge is 0.162 e. The first kappa shape index (κ1) is 8.98. The topological polar surface area (TPSA) is 9.23 Å². The van der Waals surface area contributed by atoms with Gasteiger partial charge in [0.2, 0.25) is 0 Å². The van der Waals surface area contributed by atoms with E-state index in [1.807, 2.05) is 0 Å². The van der Waals surface area contributed by atoms with E-state index in [2.05, 4.69) is 0 Å². The molecular formula is C7H5Cl3O. The highest BCUT2D eigenvalue weighted by Gasteiger charge is 1.98. The fourth-order valence-electron chi connectivity index (χ4n) is 0.630. The highest BCUT2D eigenvalue weighted by Crippen LogP contribution is 2.26. The first-order chi connectivity index (χ1) is 5.24. The lowest BCUT2D eigenvalue weighted by Crippen LogP contribution is -1.87. The summed E-state index contributed by atoms with van der Waals surface area (Å²) in [6.45, 7) is 0. The zero-order valence-electron chi connectivity index (χ0n) is 5.48. The second-order valence-corrected chi connectivity index (χ2v) is 2.86. The van der Waals surface area contributed by atoms with Gasteiger partial charge in [-0.05, 0) is 12.1 Å². The van der Waals surface area contributed by atoms with E-state index in [1.165, 1.54) is 0 Å². The van der Waals surface area contributed by atoms with Gasteiger partial charge in [-0.1, -0.05) is 34.8 Å². The number of hydrogen-bond donors (Lipinski definition) is 0. The summed E-state index contributed by atoms with van der Waals surface area (Å²) in [5, 5.41) is 0.975. The SMILES string of the molecule is ClCOc1ccc(Cl)c(Cl)c1. The number of benzene rings is 1. The molecule has 0 saturated carbocycles. The monoisotopic (exact) mass is 210 g/mol. The summed E-state index contributed by atoms with van der Waals surface area (Å²) < 4.78 is 4.96. The lowest BCUT2D eigenvalue weighted by atomic mass is 10.3. The standard InChI is InChI=1S/C7H5Cl3O/c8-4-11-5-1-2-6(9)7(10)3-5/h1-3H,4H2. The van der Waals surface area contributed by atoms with Gasteiger partial charge in [-0.15, -0.1) is 0 Å². The van der Waals surface area contributed by atoms with Gasteiger partial charge in [0.25, 0.3) is 0 Å². The van der Waals surface area contributed by atoms with Crippen LogP contribution < -0.4 is 4.74 Å². The Hall–Kier alpha value is -0.110. The minimum absolute atomic E-state index is 0.109. The van der Waals surface area contributed by atoms with E-state index in [9.17, 15) is 0 Å². The van der Waals surface area contributed by atoms with Gasteiger partial charge in [0.15, 0.2) is 6.07 Å². The van der Waals surface area contributed by atoms with Crippen LogP contribution in [0.2, 0.25) is 10.0 Å². The van der Waals surface area contributed by atoms with Gasteiger partial charge in [-0.2, -0.15) is 0 Å². The predicted molar refractivity (Wildman–Crippen MR) is 47.8 cm³/mol. The molecule has 1 aromatic carbocycles. The maximum atomic E-state index is 5.69. The lowest BCUT2D eigenvalue weighted by molar-refractivity contribution is 0.388. The molecule has 1 aromatic rings. The van der Waals surface area contributed by atoms with Crippen LogP contribution in [0.5, 0.6) is 5.75 Å². The first-order valence-corrected chi connectivity index (χ1v) is 4.17. The lowest BCUT2D eigenvalue weighted by Gasteiger charge is -2.01. The van der Waals surface area contributed by atoms with E-state index >= 15 is 0 Å². The molecule has 0 aromatic heterocycles. The van der Waals surface area contributed by atoms with Crippen LogP contribution in [0.15, 0.2) is 18.2 Å². The van der Waals surface area contributed by atoms with E-state index in [1.54, 1.807) is 18.2 Å². The van der Waals surface area contributed by atoms with Crippen molar-refractivity contribution in [3.63, 3.8) is 0 Å². The third-order valence-electron chi connectivity index (χ3n) is 1.11. The van der Waals surface area contributed by atoms with Crippen molar-refractivity contribution in [3.8, 4) is 5.75 Å². The second kappa shape index (κ2) is 4.05. The summed E-state index contributed by atoms with van der Waals surface area (Å²) >= 11 is 16.7. The fourth-order valence-corrected chi connectivity index (χ4v) is 1.04. The van der Waals surface area contributed by atoms with Gasteiger partial charge in [0.1, 0.15) is 5.75 Å². The molecule has 0 atom stereocenters. The Labute approximate surface area is 79.8 Å². The van der Waals surface area contributed by atoms with E-state index in [4.69, 9.17) is 39.5 Å². The molecule has 0 aliphatic rings. The molecule has 0 amide bonds. The molecule has 11 heavy (non-hydrogen) atoms. The zero-order chi connectivity index (χ0) is 8.27. The quantitative estimate of drug-likeness (QED) is 0.680. The molecule has 0 aliphatic heterocycles. The minimum atomic E-state index is 0.109. The van der Waals surface area contributed by atoms with E-state index in [-0.39, 0.29) is 6.07 Å². The summed E-state index contributed by atoms with van der Waals surface area (Å²) in [4.78, 5) is 0. The summed E-state index contributed by atoms with van der Waals surface area (Å²) in [6.07, 6.45) is 0. The number of halogens is 3. The van der Waals surface area contributed by atoms with Crippen molar-refractivity contribution in [2.75, 3.05) is 6.07 Å². The van der Waals surface area contributed by atoms with E-state index in [0.717, 1.165) is 0 Å². The largest absolute Gasteiger partial charge is 0.478 e. The van der Waals surface area contributed by atoms with E-state index in [0.29, 0.717) is 15.8 Å². The van der Waals surface area contributed by atoms with Gasteiger partial charge in [-0.3, -0.25) is 0 Å². The third-order valence-corrected chi connectivity index (χ3v) is 1.96. The van der Waals surface area contributed by atoms with Crippen LogP contribution in [0, 0.1) is 0 Å². The summed E-state index contributed by atoms with van der Waals surface area (Å²) in [5.74, 6) is 0.620. The van der Waals surface area contributed by atoms with Gasteiger partial charge in [-0.25, -0.2) is 0 Å². The maximum Gasteiger partial charge on any atom is 0.162 e. The predicted octanol–water partition coefficient (Wildman–Crippen LogP) is 3.57. The van der Waals surface area contributed by atoms with Crippen LogP contribution in [-0.2, 0) is 0 Å². The maximum absolute atomic E-state index is 5.69. The highest BCUT2D eigenvalue weighted by atomic mass is 35.5. The van der Waals surface area contributed by atoms with Crippen LogP contribution >= 0.6 is 34.8 Å². The molecule has 1 nitrogen and oxygen atoms in total. The molecular weight excluding hydrogens is 206 g/mol. The zero-order valence-corrected chi connectivity index (χ0v) is 7.75. The molecule has 0 radical (unpaired) electrons. The fraction of sp³-hybridized carbons (Fsp3) is 0.143. The Morgan fingerprint density at radius 2 is 1.91 bits per heavy atom. The summed E-state index contributed by atoms with van der Waals surface area (Å²) in [7, 11) is 0. The normalized spacial score (nSPS) is 9.73. The Morgan fingerprint density at radius 3 is 2.45 bits per heavy atom. The van der Waals surface area contributed by atoms with Crippen molar-refractivity contribution >= 4 is 34.8 Å². The molecule has 0 bridgehead atoms. The molecule has 0 fully saturated rings. The van der Waals surface area contributed by atoms with Crippen LogP contribution in [0.4, 0.5) is 0 Å². The van der Waals surface area contributed by atoms with Crippen LogP contribution in [0.1, 0.15) is 0 Å². The van der Waals surface area contributed by atoms with Crippen molar-refractivity contribution in [1.82, 2.24) is 0 Å². The van der Waals surface area contributed by atoms with Crippen molar-refractivity contribution < 1.29 is 4.74 Å². The molecule has 0 heterocycles. The summed E-state index contributed by atoms with van der Waals surface area (Å²) in [6, 6.07) is 5.09. The van der Waals surface area contributed by atoms with Crippen molar-refractivity contribution in [2.24, 2.45) is 0 Å². The van der Waals surface area contributed by atoms with Crippen molar-refractivity contribution in [3.05, 3.63) is 28.2 Å².